The summed E-state index contributed by atoms with van der Waals surface area (Å²) in [7, 11) is 3.28. The molecule has 19 heavy (non-hydrogen) atoms. The van der Waals surface area contributed by atoms with Gasteiger partial charge in [-0.1, -0.05) is 51.8 Å². The van der Waals surface area contributed by atoms with Crippen molar-refractivity contribution < 1.29 is 9.47 Å². The molecule has 0 spiro atoms. The van der Waals surface area contributed by atoms with Crippen LogP contribution in [-0.2, 0) is 0 Å². The van der Waals surface area contributed by atoms with Gasteiger partial charge in [0.2, 0.25) is 0 Å². The number of para-hydroxylation sites is 1. The monoisotopic (exact) mass is 340 g/mol. The molecule has 0 fully saturated rings. The summed E-state index contributed by atoms with van der Waals surface area (Å²) in [5.41, 5.74) is 2.02. The van der Waals surface area contributed by atoms with E-state index >= 15 is 0 Å². The van der Waals surface area contributed by atoms with Gasteiger partial charge in [-0.3, -0.25) is 0 Å². The van der Waals surface area contributed by atoms with E-state index in [0.29, 0.717) is 5.02 Å². The average molecular weight is 342 g/mol. The van der Waals surface area contributed by atoms with Gasteiger partial charge in [0.15, 0.2) is 0 Å². The molecule has 0 bridgehead atoms. The van der Waals surface area contributed by atoms with Gasteiger partial charge in [0.05, 0.1) is 19.0 Å². The second-order valence-corrected chi connectivity index (χ2v) is 5.31. The number of methoxy groups -OCH3 is 2. The Morgan fingerprint density at radius 1 is 1.00 bits per heavy atom. The smallest absolute Gasteiger partial charge is 0.123 e. The molecule has 100 valence electrons. The maximum Gasteiger partial charge on any atom is 0.123 e. The number of ether oxygens (including phenoxy) is 2. The van der Waals surface area contributed by atoms with Crippen LogP contribution in [0.4, 0.5) is 0 Å². The van der Waals surface area contributed by atoms with Crippen molar-refractivity contribution in [2.24, 2.45) is 0 Å². The first-order chi connectivity index (χ1) is 9.17. The fourth-order valence-corrected chi connectivity index (χ4v) is 3.07. The van der Waals surface area contributed by atoms with Crippen LogP contribution >= 0.6 is 27.5 Å². The second kappa shape index (κ2) is 6.31. The third-order valence-electron chi connectivity index (χ3n) is 2.89. The van der Waals surface area contributed by atoms with E-state index in [2.05, 4.69) is 15.9 Å². The number of halogens is 2. The van der Waals surface area contributed by atoms with Crippen molar-refractivity contribution in [1.29, 1.82) is 0 Å². The summed E-state index contributed by atoms with van der Waals surface area (Å²) in [4.78, 5) is -0.0259. The molecule has 0 aliphatic carbocycles. The van der Waals surface area contributed by atoms with Crippen LogP contribution in [0.5, 0.6) is 11.5 Å². The summed E-state index contributed by atoms with van der Waals surface area (Å²) >= 11 is 9.98. The highest BCUT2D eigenvalue weighted by molar-refractivity contribution is 9.09. The number of alkyl halides is 1. The minimum Gasteiger partial charge on any atom is -0.497 e. The third kappa shape index (κ3) is 3.04. The van der Waals surface area contributed by atoms with Gasteiger partial charge in [-0.25, -0.2) is 0 Å². The Bertz CT molecular complexity index is 572. The molecule has 2 aromatic carbocycles. The molecule has 0 heterocycles. The summed E-state index contributed by atoms with van der Waals surface area (Å²) < 4.78 is 10.5. The van der Waals surface area contributed by atoms with E-state index in [1.807, 2.05) is 36.4 Å². The van der Waals surface area contributed by atoms with Crippen LogP contribution in [0.3, 0.4) is 0 Å². The molecule has 0 amide bonds. The fourth-order valence-electron chi connectivity index (χ4n) is 1.88. The molecule has 1 unspecified atom stereocenters. The Hall–Kier alpha value is -1.19. The summed E-state index contributed by atoms with van der Waals surface area (Å²) in [5.74, 6) is 1.57. The van der Waals surface area contributed by atoms with Gasteiger partial charge in [-0.05, 0) is 23.8 Å². The van der Waals surface area contributed by atoms with E-state index < -0.39 is 0 Å². The van der Waals surface area contributed by atoms with Gasteiger partial charge in [-0.2, -0.15) is 0 Å². The number of hydrogen-bond donors (Lipinski definition) is 0. The zero-order chi connectivity index (χ0) is 13.8. The molecule has 0 saturated heterocycles. The van der Waals surface area contributed by atoms with Gasteiger partial charge in [0.1, 0.15) is 11.5 Å². The lowest BCUT2D eigenvalue weighted by Gasteiger charge is -2.16. The summed E-state index contributed by atoms with van der Waals surface area (Å²) in [6, 6.07) is 13.5. The van der Waals surface area contributed by atoms with Crippen molar-refractivity contribution in [1.82, 2.24) is 0 Å². The zero-order valence-corrected chi connectivity index (χ0v) is 13.0. The quantitative estimate of drug-likeness (QED) is 0.741. The van der Waals surface area contributed by atoms with Gasteiger partial charge >= 0.3 is 0 Å². The van der Waals surface area contributed by atoms with E-state index in [1.54, 1.807) is 20.3 Å². The Balaban J connectivity index is 2.41. The minimum atomic E-state index is -0.0259. The van der Waals surface area contributed by atoms with Crippen molar-refractivity contribution in [3.05, 3.63) is 58.6 Å². The third-order valence-corrected chi connectivity index (χ3v) is 4.21. The van der Waals surface area contributed by atoms with Crippen molar-refractivity contribution in [3.8, 4) is 11.5 Å². The number of rotatable bonds is 4. The fraction of sp³-hybridized carbons (Fsp3) is 0.200. The SMILES string of the molecule is COc1ccc(C(Br)c2ccccc2OC)c(Cl)c1. The van der Waals surface area contributed by atoms with Gasteiger partial charge in [-0.15, -0.1) is 0 Å². The highest BCUT2D eigenvalue weighted by Crippen LogP contribution is 2.40. The van der Waals surface area contributed by atoms with Crippen LogP contribution < -0.4 is 9.47 Å². The van der Waals surface area contributed by atoms with Crippen LogP contribution in [0.1, 0.15) is 16.0 Å². The van der Waals surface area contributed by atoms with Gasteiger partial charge < -0.3 is 9.47 Å². The van der Waals surface area contributed by atoms with E-state index in [1.165, 1.54) is 0 Å². The molecule has 2 rings (SSSR count). The van der Waals surface area contributed by atoms with Crippen LogP contribution in [0, 0.1) is 0 Å². The summed E-state index contributed by atoms with van der Waals surface area (Å²) in [6.45, 7) is 0. The molecule has 4 heteroatoms. The molecular weight excluding hydrogens is 328 g/mol. The normalized spacial score (nSPS) is 12.0. The minimum absolute atomic E-state index is 0.0259. The molecule has 0 saturated carbocycles. The maximum atomic E-state index is 6.30. The van der Waals surface area contributed by atoms with Crippen LogP contribution in [-0.4, -0.2) is 14.2 Å². The van der Waals surface area contributed by atoms with Crippen molar-refractivity contribution in [2.45, 2.75) is 4.83 Å². The molecule has 2 aromatic rings. The van der Waals surface area contributed by atoms with Crippen molar-refractivity contribution in [2.75, 3.05) is 14.2 Å². The van der Waals surface area contributed by atoms with Gasteiger partial charge in [0.25, 0.3) is 0 Å². The molecule has 0 aliphatic heterocycles. The van der Waals surface area contributed by atoms with Crippen LogP contribution in [0.25, 0.3) is 0 Å². The van der Waals surface area contributed by atoms with E-state index in [0.717, 1.165) is 22.6 Å². The summed E-state index contributed by atoms with van der Waals surface area (Å²) in [6.07, 6.45) is 0. The van der Waals surface area contributed by atoms with Crippen LogP contribution in [0.2, 0.25) is 5.02 Å². The first-order valence-corrected chi connectivity index (χ1v) is 7.07. The average Bonchev–Trinajstić information content (AvgIpc) is 2.46. The molecule has 0 N–H and O–H groups in total. The highest BCUT2D eigenvalue weighted by Gasteiger charge is 2.17. The lowest BCUT2D eigenvalue weighted by Crippen LogP contribution is -1.98. The summed E-state index contributed by atoms with van der Waals surface area (Å²) in [5, 5.41) is 0.659. The van der Waals surface area contributed by atoms with E-state index in [-0.39, 0.29) is 4.83 Å². The molecule has 0 aliphatic rings. The first kappa shape index (κ1) is 14.2. The molecular formula is C15H14BrClO2. The molecule has 2 nitrogen and oxygen atoms in total. The standard InChI is InChI=1S/C15H14BrClO2/c1-18-10-7-8-11(13(17)9-10)15(16)12-5-3-4-6-14(12)19-2/h3-9,15H,1-2H3. The zero-order valence-electron chi connectivity index (χ0n) is 10.7. The first-order valence-electron chi connectivity index (χ1n) is 5.77. The van der Waals surface area contributed by atoms with Gasteiger partial charge in [0, 0.05) is 10.6 Å². The molecule has 0 radical (unpaired) electrons. The predicted octanol–water partition coefficient (Wildman–Crippen LogP) is 4.84. The Morgan fingerprint density at radius 2 is 1.74 bits per heavy atom. The molecule has 0 aromatic heterocycles. The Kier molecular flexibility index (Phi) is 4.72. The van der Waals surface area contributed by atoms with Crippen LogP contribution in [0.15, 0.2) is 42.5 Å². The maximum absolute atomic E-state index is 6.30. The van der Waals surface area contributed by atoms with Crippen molar-refractivity contribution >= 4 is 27.5 Å². The van der Waals surface area contributed by atoms with E-state index in [4.69, 9.17) is 21.1 Å². The predicted molar refractivity (Wildman–Crippen MR) is 81.8 cm³/mol. The Labute approximate surface area is 126 Å². The molecule has 1 atom stereocenters. The van der Waals surface area contributed by atoms with E-state index in [9.17, 15) is 0 Å². The largest absolute Gasteiger partial charge is 0.497 e. The highest BCUT2D eigenvalue weighted by atomic mass is 79.9. The number of benzene rings is 2. The lowest BCUT2D eigenvalue weighted by molar-refractivity contribution is 0.410. The lowest BCUT2D eigenvalue weighted by atomic mass is 10.0. The topological polar surface area (TPSA) is 18.5 Å². The number of hydrogen-bond acceptors (Lipinski definition) is 2. The van der Waals surface area contributed by atoms with Crippen molar-refractivity contribution in [3.63, 3.8) is 0 Å². The second-order valence-electron chi connectivity index (χ2n) is 3.99. The Morgan fingerprint density at radius 3 is 2.37 bits per heavy atom.